The fraction of sp³-hybridized carbons (Fsp3) is 0.417. The molecule has 0 amide bonds. The van der Waals surface area contributed by atoms with E-state index in [1.807, 2.05) is 0 Å². The molecule has 16 heavy (non-hydrogen) atoms. The van der Waals surface area contributed by atoms with E-state index in [1.165, 1.54) is 24.0 Å². The Balaban J connectivity index is 2.10. The Morgan fingerprint density at radius 1 is 1.44 bits per heavy atom. The molecule has 1 aliphatic rings. The maximum Gasteiger partial charge on any atom is 0.191 e. The number of hydrogen-bond donors (Lipinski definition) is 2. The maximum absolute atomic E-state index is 5.12. The van der Waals surface area contributed by atoms with Crippen molar-refractivity contribution in [2.24, 2.45) is 0 Å². The lowest BCUT2D eigenvalue weighted by Gasteiger charge is -2.27. The Morgan fingerprint density at radius 2 is 2.25 bits per heavy atom. The van der Waals surface area contributed by atoms with Crippen LogP contribution < -0.4 is 10.8 Å². The van der Waals surface area contributed by atoms with Crippen molar-refractivity contribution in [2.75, 3.05) is 7.11 Å². The third-order valence-corrected chi connectivity index (χ3v) is 3.07. The first-order chi connectivity index (χ1) is 7.81. The summed E-state index contributed by atoms with van der Waals surface area (Å²) in [6.45, 7) is 0. The predicted octanol–water partition coefficient (Wildman–Crippen LogP) is 2.09. The van der Waals surface area contributed by atoms with Crippen molar-refractivity contribution in [3.05, 3.63) is 35.4 Å². The van der Waals surface area contributed by atoms with Crippen molar-refractivity contribution < 1.29 is 4.84 Å². The number of hydrogen-bond acceptors (Lipinski definition) is 2. The zero-order valence-electron chi connectivity index (χ0n) is 9.32. The van der Waals surface area contributed by atoms with Gasteiger partial charge in [0, 0.05) is 0 Å². The first kappa shape index (κ1) is 11.4. The van der Waals surface area contributed by atoms with Crippen LogP contribution in [-0.2, 0) is 11.3 Å². The van der Waals surface area contributed by atoms with Crippen LogP contribution in [0.2, 0.25) is 0 Å². The lowest BCUT2D eigenvalue weighted by atomic mass is 9.88. The monoisotopic (exact) mass is 236 g/mol. The maximum atomic E-state index is 5.12. The molecule has 1 atom stereocenters. The number of nitrogens with one attached hydrogen (secondary N) is 2. The molecular formula is C12H16N2OS. The molecule has 0 fully saturated rings. The summed E-state index contributed by atoms with van der Waals surface area (Å²) in [5.74, 6) is 0. The topological polar surface area (TPSA) is 33.3 Å². The quantitative estimate of drug-likeness (QED) is 0.608. The first-order valence-corrected chi connectivity index (χ1v) is 5.89. The van der Waals surface area contributed by atoms with Crippen molar-refractivity contribution >= 4 is 17.3 Å². The molecule has 0 bridgehead atoms. The standard InChI is InChI=1S/C12H16N2OS/c1-15-14-12(16)13-11-8-4-6-9-5-2-3-7-10(9)11/h2-3,5,7,11H,4,6,8H2,1H3,(H2,13,14,16). The highest BCUT2D eigenvalue weighted by Gasteiger charge is 2.19. The van der Waals surface area contributed by atoms with Crippen LogP contribution in [0.5, 0.6) is 0 Å². The third kappa shape index (κ3) is 2.51. The molecular weight excluding hydrogens is 220 g/mol. The number of rotatable bonds is 2. The summed E-state index contributed by atoms with van der Waals surface area (Å²) in [6, 6.07) is 8.83. The highest BCUT2D eigenvalue weighted by atomic mass is 32.1. The van der Waals surface area contributed by atoms with Gasteiger partial charge in [-0.3, -0.25) is 4.84 Å². The zero-order valence-corrected chi connectivity index (χ0v) is 10.1. The van der Waals surface area contributed by atoms with Gasteiger partial charge in [0.2, 0.25) is 0 Å². The fourth-order valence-corrected chi connectivity index (χ4v) is 2.41. The molecule has 0 aromatic heterocycles. The normalized spacial score (nSPS) is 18.7. The van der Waals surface area contributed by atoms with Crippen LogP contribution in [-0.4, -0.2) is 12.2 Å². The Labute approximate surface area is 101 Å². The van der Waals surface area contributed by atoms with Gasteiger partial charge in [0.05, 0.1) is 13.2 Å². The Hall–Kier alpha value is -1.13. The van der Waals surface area contributed by atoms with Crippen LogP contribution in [0.3, 0.4) is 0 Å². The minimum Gasteiger partial charge on any atom is -0.354 e. The van der Waals surface area contributed by atoms with E-state index >= 15 is 0 Å². The van der Waals surface area contributed by atoms with Gasteiger partial charge in [-0.2, -0.15) is 0 Å². The van der Waals surface area contributed by atoms with E-state index < -0.39 is 0 Å². The van der Waals surface area contributed by atoms with Crippen LogP contribution in [0.15, 0.2) is 24.3 Å². The highest BCUT2D eigenvalue weighted by molar-refractivity contribution is 7.80. The summed E-state index contributed by atoms with van der Waals surface area (Å²) in [6.07, 6.45) is 3.48. The van der Waals surface area contributed by atoms with Gasteiger partial charge in [0.15, 0.2) is 5.11 Å². The van der Waals surface area contributed by atoms with Crippen LogP contribution in [0.4, 0.5) is 0 Å². The average molecular weight is 236 g/mol. The minimum absolute atomic E-state index is 0.306. The van der Waals surface area contributed by atoms with E-state index in [9.17, 15) is 0 Å². The third-order valence-electron chi connectivity index (χ3n) is 2.87. The second kappa shape index (κ2) is 5.27. The van der Waals surface area contributed by atoms with Crippen molar-refractivity contribution in [2.45, 2.75) is 25.3 Å². The average Bonchev–Trinajstić information content (AvgIpc) is 2.30. The van der Waals surface area contributed by atoms with E-state index in [2.05, 4.69) is 35.1 Å². The lowest BCUT2D eigenvalue weighted by Crippen LogP contribution is -2.38. The van der Waals surface area contributed by atoms with Gasteiger partial charge in [-0.05, 0) is 42.6 Å². The van der Waals surface area contributed by atoms with Crippen molar-refractivity contribution in [1.29, 1.82) is 0 Å². The molecule has 2 rings (SSSR count). The van der Waals surface area contributed by atoms with Gasteiger partial charge in [-0.25, -0.2) is 5.48 Å². The minimum atomic E-state index is 0.306. The Bertz CT molecular complexity index is 381. The van der Waals surface area contributed by atoms with Gasteiger partial charge in [-0.15, -0.1) is 0 Å². The number of hydroxylamine groups is 1. The zero-order chi connectivity index (χ0) is 11.4. The van der Waals surface area contributed by atoms with Crippen LogP contribution in [0.25, 0.3) is 0 Å². The number of thiocarbonyl (C=S) groups is 1. The lowest BCUT2D eigenvalue weighted by molar-refractivity contribution is 0.142. The Kier molecular flexibility index (Phi) is 3.74. The summed E-state index contributed by atoms with van der Waals surface area (Å²) in [5, 5.41) is 3.82. The molecule has 0 spiro atoms. The van der Waals surface area contributed by atoms with E-state index in [4.69, 9.17) is 17.1 Å². The van der Waals surface area contributed by atoms with Crippen molar-refractivity contribution in [1.82, 2.24) is 10.8 Å². The summed E-state index contributed by atoms with van der Waals surface area (Å²) in [7, 11) is 1.56. The summed E-state index contributed by atoms with van der Waals surface area (Å²) in [5.41, 5.74) is 5.42. The molecule has 0 saturated carbocycles. The van der Waals surface area contributed by atoms with E-state index in [1.54, 1.807) is 7.11 Å². The summed E-state index contributed by atoms with van der Waals surface area (Å²) < 4.78 is 0. The number of benzene rings is 1. The molecule has 1 aliphatic carbocycles. The highest BCUT2D eigenvalue weighted by Crippen LogP contribution is 2.29. The van der Waals surface area contributed by atoms with Crippen LogP contribution in [0.1, 0.15) is 30.0 Å². The fourth-order valence-electron chi connectivity index (χ4n) is 2.18. The van der Waals surface area contributed by atoms with E-state index in [-0.39, 0.29) is 0 Å². The van der Waals surface area contributed by atoms with Gasteiger partial charge >= 0.3 is 0 Å². The van der Waals surface area contributed by atoms with Crippen LogP contribution >= 0.6 is 12.2 Å². The van der Waals surface area contributed by atoms with Crippen LogP contribution in [0, 0.1) is 0 Å². The number of fused-ring (bicyclic) bond motifs is 1. The molecule has 0 heterocycles. The second-order valence-electron chi connectivity index (χ2n) is 3.92. The molecule has 1 aromatic rings. The van der Waals surface area contributed by atoms with Gasteiger partial charge in [-0.1, -0.05) is 24.3 Å². The molecule has 1 unspecified atom stereocenters. The van der Waals surface area contributed by atoms with Gasteiger partial charge in [0.25, 0.3) is 0 Å². The summed E-state index contributed by atoms with van der Waals surface area (Å²) >= 11 is 5.12. The van der Waals surface area contributed by atoms with Gasteiger partial charge in [0.1, 0.15) is 0 Å². The van der Waals surface area contributed by atoms with E-state index in [0.29, 0.717) is 11.2 Å². The summed E-state index contributed by atoms with van der Waals surface area (Å²) in [4.78, 5) is 4.78. The smallest absolute Gasteiger partial charge is 0.191 e. The number of aryl methyl sites for hydroxylation is 1. The van der Waals surface area contributed by atoms with Crippen molar-refractivity contribution in [3.8, 4) is 0 Å². The van der Waals surface area contributed by atoms with Gasteiger partial charge < -0.3 is 5.32 Å². The molecule has 86 valence electrons. The molecule has 0 saturated heterocycles. The SMILES string of the molecule is CONC(=S)NC1CCCc2ccccc21. The Morgan fingerprint density at radius 3 is 3.06 bits per heavy atom. The molecule has 4 heteroatoms. The van der Waals surface area contributed by atoms with Crippen molar-refractivity contribution in [3.63, 3.8) is 0 Å². The molecule has 3 nitrogen and oxygen atoms in total. The molecule has 1 aromatic carbocycles. The molecule has 0 aliphatic heterocycles. The first-order valence-electron chi connectivity index (χ1n) is 5.48. The van der Waals surface area contributed by atoms with E-state index in [0.717, 1.165) is 6.42 Å². The largest absolute Gasteiger partial charge is 0.354 e. The molecule has 2 N–H and O–H groups in total. The second-order valence-corrected chi connectivity index (χ2v) is 4.33. The molecule has 0 radical (unpaired) electrons. The predicted molar refractivity (Wildman–Crippen MR) is 68.0 cm³/mol.